The summed E-state index contributed by atoms with van der Waals surface area (Å²) in [5, 5.41) is 0. The van der Waals surface area contributed by atoms with Gasteiger partial charge in [-0.05, 0) is 26.0 Å². The normalized spacial score (nSPS) is 19.4. The van der Waals surface area contributed by atoms with Gasteiger partial charge in [-0.1, -0.05) is 43.9 Å². The van der Waals surface area contributed by atoms with Crippen LogP contribution in [0.4, 0.5) is 4.39 Å². The van der Waals surface area contributed by atoms with Gasteiger partial charge in [0.25, 0.3) is 0 Å². The van der Waals surface area contributed by atoms with Crippen LogP contribution in [-0.4, -0.2) is 24.5 Å². The van der Waals surface area contributed by atoms with E-state index in [9.17, 15) is 4.39 Å². The van der Waals surface area contributed by atoms with Crippen molar-refractivity contribution in [3.05, 3.63) is 35.6 Å². The molecule has 2 rings (SSSR count). The van der Waals surface area contributed by atoms with E-state index < -0.39 is 0 Å². The third-order valence-electron chi connectivity index (χ3n) is 4.38. The highest BCUT2D eigenvalue weighted by Gasteiger charge is 2.25. The fraction of sp³-hybridized carbons (Fsp3) is 0.625. The lowest BCUT2D eigenvalue weighted by atomic mass is 10.00. The van der Waals surface area contributed by atoms with Crippen LogP contribution in [-0.2, 0) is 0 Å². The van der Waals surface area contributed by atoms with E-state index in [1.807, 2.05) is 12.1 Å². The summed E-state index contributed by atoms with van der Waals surface area (Å²) >= 11 is 0. The number of rotatable bonds is 4. The van der Waals surface area contributed by atoms with E-state index >= 15 is 0 Å². The van der Waals surface area contributed by atoms with Crippen LogP contribution in [0.5, 0.6) is 0 Å². The number of halogens is 1. The number of hydrogen-bond donors (Lipinski definition) is 1. The van der Waals surface area contributed by atoms with Gasteiger partial charge in [-0.3, -0.25) is 4.90 Å². The number of nitrogens with zero attached hydrogens (tertiary/aromatic N) is 1. The van der Waals surface area contributed by atoms with Crippen molar-refractivity contribution in [3.8, 4) is 0 Å². The topological polar surface area (TPSA) is 29.3 Å². The van der Waals surface area contributed by atoms with Crippen LogP contribution in [0.2, 0.25) is 0 Å². The lowest BCUT2D eigenvalue weighted by Crippen LogP contribution is -2.38. The standard InChI is InChI=1S/C16H25FN2/c1-19(13-8-4-2-3-5-9-13)16(12-18)14-10-6-7-11-15(14)17/h6-7,10-11,13,16H,2-5,8-9,12,18H2,1H3. The van der Waals surface area contributed by atoms with Gasteiger partial charge in [0.05, 0.1) is 0 Å². The molecule has 1 aliphatic carbocycles. The quantitative estimate of drug-likeness (QED) is 0.844. The molecule has 0 saturated heterocycles. The van der Waals surface area contributed by atoms with Crippen LogP contribution in [0, 0.1) is 5.82 Å². The van der Waals surface area contributed by atoms with Crippen LogP contribution in [0.3, 0.4) is 0 Å². The second kappa shape index (κ2) is 7.01. The molecule has 1 saturated carbocycles. The molecule has 1 aromatic rings. The third-order valence-corrected chi connectivity index (χ3v) is 4.38. The minimum absolute atomic E-state index is 0.00991. The maximum absolute atomic E-state index is 14.0. The van der Waals surface area contributed by atoms with Crippen LogP contribution in [0.1, 0.15) is 50.1 Å². The van der Waals surface area contributed by atoms with Crippen LogP contribution in [0.25, 0.3) is 0 Å². The molecule has 2 nitrogen and oxygen atoms in total. The van der Waals surface area contributed by atoms with E-state index in [-0.39, 0.29) is 11.9 Å². The summed E-state index contributed by atoms with van der Waals surface area (Å²) in [5.74, 6) is -0.140. The van der Waals surface area contributed by atoms with Gasteiger partial charge < -0.3 is 5.73 Å². The molecule has 0 amide bonds. The van der Waals surface area contributed by atoms with Crippen molar-refractivity contribution in [3.63, 3.8) is 0 Å². The first-order valence-electron chi connectivity index (χ1n) is 7.40. The fourth-order valence-corrected chi connectivity index (χ4v) is 3.18. The molecule has 0 spiro atoms. The predicted octanol–water partition coefficient (Wildman–Crippen LogP) is 3.48. The lowest BCUT2D eigenvalue weighted by molar-refractivity contribution is 0.158. The molecule has 0 heterocycles. The van der Waals surface area contributed by atoms with Gasteiger partial charge in [0.2, 0.25) is 0 Å². The molecular weight excluding hydrogens is 239 g/mol. The van der Waals surface area contributed by atoms with Gasteiger partial charge in [-0.25, -0.2) is 4.39 Å². The zero-order valence-electron chi connectivity index (χ0n) is 11.8. The molecule has 2 N–H and O–H groups in total. The molecule has 0 radical (unpaired) electrons. The van der Waals surface area contributed by atoms with Crippen molar-refractivity contribution in [2.24, 2.45) is 5.73 Å². The SMILES string of the molecule is CN(C1CCCCCC1)C(CN)c1ccccc1F. The van der Waals surface area contributed by atoms with E-state index in [2.05, 4.69) is 11.9 Å². The first kappa shape index (κ1) is 14.5. The van der Waals surface area contributed by atoms with Crippen molar-refractivity contribution in [2.45, 2.75) is 50.6 Å². The number of likely N-dealkylation sites (N-methyl/N-ethyl adjacent to an activating group) is 1. The molecular formula is C16H25FN2. The lowest BCUT2D eigenvalue weighted by Gasteiger charge is -2.34. The Hall–Kier alpha value is -0.930. The highest BCUT2D eigenvalue weighted by molar-refractivity contribution is 5.21. The molecule has 1 unspecified atom stereocenters. The van der Waals surface area contributed by atoms with E-state index in [1.54, 1.807) is 6.07 Å². The van der Waals surface area contributed by atoms with Crippen molar-refractivity contribution in [1.82, 2.24) is 4.90 Å². The van der Waals surface area contributed by atoms with E-state index in [0.717, 1.165) is 5.56 Å². The molecule has 1 aromatic carbocycles. The number of benzene rings is 1. The van der Waals surface area contributed by atoms with Crippen LogP contribution < -0.4 is 5.73 Å². The maximum atomic E-state index is 14.0. The van der Waals surface area contributed by atoms with E-state index in [4.69, 9.17) is 5.73 Å². The van der Waals surface area contributed by atoms with Crippen molar-refractivity contribution < 1.29 is 4.39 Å². The highest BCUT2D eigenvalue weighted by atomic mass is 19.1. The molecule has 1 atom stereocenters. The second-order valence-corrected chi connectivity index (χ2v) is 5.58. The Morgan fingerprint density at radius 2 is 1.84 bits per heavy atom. The molecule has 106 valence electrons. The summed E-state index contributed by atoms with van der Waals surface area (Å²) in [6, 6.07) is 7.54. The summed E-state index contributed by atoms with van der Waals surface area (Å²) in [6.07, 6.45) is 7.64. The Morgan fingerprint density at radius 3 is 2.42 bits per heavy atom. The van der Waals surface area contributed by atoms with Gasteiger partial charge in [-0.2, -0.15) is 0 Å². The molecule has 1 fully saturated rings. The zero-order valence-corrected chi connectivity index (χ0v) is 11.8. The van der Waals surface area contributed by atoms with Crippen LogP contribution in [0.15, 0.2) is 24.3 Å². The molecule has 3 heteroatoms. The second-order valence-electron chi connectivity index (χ2n) is 5.58. The molecule has 1 aliphatic rings. The first-order valence-corrected chi connectivity index (χ1v) is 7.40. The average molecular weight is 264 g/mol. The molecule has 0 bridgehead atoms. The summed E-state index contributed by atoms with van der Waals surface area (Å²) in [7, 11) is 2.10. The van der Waals surface area contributed by atoms with Crippen LogP contribution >= 0.6 is 0 Å². The van der Waals surface area contributed by atoms with E-state index in [1.165, 1.54) is 44.6 Å². The summed E-state index contributed by atoms with van der Waals surface area (Å²) in [6.45, 7) is 0.466. The zero-order chi connectivity index (χ0) is 13.7. The molecule has 0 aromatic heterocycles. The smallest absolute Gasteiger partial charge is 0.128 e. The Balaban J connectivity index is 2.14. The van der Waals surface area contributed by atoms with Gasteiger partial charge in [0.15, 0.2) is 0 Å². The summed E-state index contributed by atoms with van der Waals surface area (Å²) < 4.78 is 14.0. The molecule has 19 heavy (non-hydrogen) atoms. The summed E-state index contributed by atoms with van der Waals surface area (Å²) in [5.41, 5.74) is 6.65. The number of nitrogens with two attached hydrogens (primary N) is 1. The minimum Gasteiger partial charge on any atom is -0.329 e. The summed E-state index contributed by atoms with van der Waals surface area (Å²) in [4.78, 5) is 2.30. The van der Waals surface area contributed by atoms with E-state index in [0.29, 0.717) is 12.6 Å². The maximum Gasteiger partial charge on any atom is 0.128 e. The third kappa shape index (κ3) is 3.54. The number of hydrogen-bond acceptors (Lipinski definition) is 2. The Bertz CT molecular complexity index is 386. The van der Waals surface area contributed by atoms with Gasteiger partial charge in [-0.15, -0.1) is 0 Å². The van der Waals surface area contributed by atoms with Crippen molar-refractivity contribution in [1.29, 1.82) is 0 Å². The van der Waals surface area contributed by atoms with Gasteiger partial charge in [0.1, 0.15) is 5.82 Å². The van der Waals surface area contributed by atoms with Gasteiger partial charge in [0, 0.05) is 24.2 Å². The predicted molar refractivity (Wildman–Crippen MR) is 77.4 cm³/mol. The molecule has 0 aliphatic heterocycles. The first-order chi connectivity index (χ1) is 9.24. The van der Waals surface area contributed by atoms with Gasteiger partial charge >= 0.3 is 0 Å². The highest BCUT2D eigenvalue weighted by Crippen LogP contribution is 2.28. The Labute approximate surface area is 115 Å². The largest absolute Gasteiger partial charge is 0.329 e. The fourth-order valence-electron chi connectivity index (χ4n) is 3.18. The average Bonchev–Trinajstić information content (AvgIpc) is 2.70. The van der Waals surface area contributed by atoms with Crippen molar-refractivity contribution in [2.75, 3.05) is 13.6 Å². The Morgan fingerprint density at radius 1 is 1.21 bits per heavy atom. The Kier molecular flexibility index (Phi) is 5.34. The monoisotopic (exact) mass is 264 g/mol. The van der Waals surface area contributed by atoms with Crippen molar-refractivity contribution >= 4 is 0 Å². The minimum atomic E-state index is -0.140.